The Kier molecular flexibility index (Phi) is 14.8. The van der Waals surface area contributed by atoms with Gasteiger partial charge in [0.05, 0.1) is 11.1 Å². The van der Waals surface area contributed by atoms with Crippen LogP contribution in [0.4, 0.5) is 0 Å². The van der Waals surface area contributed by atoms with Gasteiger partial charge in [0.1, 0.15) is 0 Å². The Morgan fingerprint density at radius 3 is 1.18 bits per heavy atom. The van der Waals surface area contributed by atoms with Gasteiger partial charge in [0.25, 0.3) is 0 Å². The van der Waals surface area contributed by atoms with Gasteiger partial charge in [-0.05, 0) is 83.3 Å². The van der Waals surface area contributed by atoms with Crippen molar-refractivity contribution in [3.63, 3.8) is 0 Å². The molecule has 38 heavy (non-hydrogen) atoms. The molecule has 3 rings (SSSR count). The molecule has 0 aliphatic heterocycles. The Hall–Kier alpha value is -2.82. The van der Waals surface area contributed by atoms with Crippen LogP contribution in [0.15, 0.2) is 60.7 Å². The molecule has 0 radical (unpaired) electrons. The zero-order chi connectivity index (χ0) is 25.9. The second kappa shape index (κ2) is 16.9. The molecule has 0 aromatic heterocycles. The minimum Gasteiger partial charge on any atom is -0.478 e. The molecule has 3 aromatic rings. The molecule has 206 valence electrons. The number of rotatable bonds is 14. The van der Waals surface area contributed by atoms with Crippen molar-refractivity contribution in [3.05, 3.63) is 82.9 Å². The first-order valence-electron chi connectivity index (χ1n) is 13.3. The average Bonchev–Trinajstić information content (AvgIpc) is 2.89. The summed E-state index contributed by atoms with van der Waals surface area (Å²) in [6.07, 6.45) is 11.2. The summed E-state index contributed by atoms with van der Waals surface area (Å²) in [6.45, 7) is 4.42. The summed E-state index contributed by atoms with van der Waals surface area (Å²) >= 11 is 0. The third-order valence-corrected chi connectivity index (χ3v) is 6.81. The highest BCUT2D eigenvalue weighted by Gasteiger charge is 2.15. The van der Waals surface area contributed by atoms with Crippen LogP contribution in [0, 0.1) is 0 Å². The lowest BCUT2D eigenvalue weighted by Crippen LogP contribution is -2.00. The second-order valence-electron chi connectivity index (χ2n) is 9.55. The van der Waals surface area contributed by atoms with Crippen LogP contribution in [0.25, 0.3) is 22.3 Å². The molecule has 0 heterocycles. The lowest BCUT2D eigenvalue weighted by molar-refractivity contribution is 0.0686. The molecule has 0 atom stereocenters. The van der Waals surface area contributed by atoms with Crippen LogP contribution in [-0.2, 0) is 12.8 Å². The Balaban J connectivity index is 0.00000361. The number of benzene rings is 3. The summed E-state index contributed by atoms with van der Waals surface area (Å²) in [6, 6.07) is 18.9. The summed E-state index contributed by atoms with van der Waals surface area (Å²) < 4.78 is 0. The topological polar surface area (TPSA) is 74.6 Å². The van der Waals surface area contributed by atoms with E-state index in [1.54, 1.807) is 24.3 Å². The summed E-state index contributed by atoms with van der Waals surface area (Å²) in [4.78, 5) is 22.7. The first-order chi connectivity index (χ1) is 17.4. The molecule has 0 aliphatic carbocycles. The maximum absolute atomic E-state index is 11.4. The van der Waals surface area contributed by atoms with Gasteiger partial charge >= 0.3 is 11.9 Å². The SMILES string of the molecule is CCCCCCc1cc(-c2ccc(C(=O)O)cc2)c(CCCCCC)cc1-c1ccc(C(=O)O)cc1.Cl.Cl. The van der Waals surface area contributed by atoms with Crippen molar-refractivity contribution >= 4 is 36.8 Å². The highest BCUT2D eigenvalue weighted by molar-refractivity contribution is 5.89. The molecule has 3 aromatic carbocycles. The van der Waals surface area contributed by atoms with E-state index in [9.17, 15) is 19.8 Å². The highest BCUT2D eigenvalue weighted by atomic mass is 35.5. The van der Waals surface area contributed by atoms with Gasteiger partial charge in [0, 0.05) is 0 Å². The van der Waals surface area contributed by atoms with E-state index in [2.05, 4.69) is 26.0 Å². The zero-order valence-electron chi connectivity index (χ0n) is 22.4. The minimum absolute atomic E-state index is 0. The van der Waals surface area contributed by atoms with Gasteiger partial charge in [-0.15, -0.1) is 24.8 Å². The van der Waals surface area contributed by atoms with Crippen LogP contribution in [-0.4, -0.2) is 22.2 Å². The van der Waals surface area contributed by atoms with Crippen molar-refractivity contribution in [1.29, 1.82) is 0 Å². The van der Waals surface area contributed by atoms with Crippen molar-refractivity contribution in [2.75, 3.05) is 0 Å². The van der Waals surface area contributed by atoms with Crippen LogP contribution >= 0.6 is 24.8 Å². The summed E-state index contributed by atoms with van der Waals surface area (Å²) in [7, 11) is 0. The molecule has 2 N–H and O–H groups in total. The lowest BCUT2D eigenvalue weighted by atomic mass is 9.86. The van der Waals surface area contributed by atoms with Crippen molar-refractivity contribution in [3.8, 4) is 22.3 Å². The Morgan fingerprint density at radius 1 is 0.553 bits per heavy atom. The Labute approximate surface area is 239 Å². The average molecular weight is 560 g/mol. The number of hydrogen-bond acceptors (Lipinski definition) is 2. The van der Waals surface area contributed by atoms with E-state index in [-0.39, 0.29) is 35.9 Å². The molecule has 0 saturated carbocycles. The van der Waals surface area contributed by atoms with E-state index in [1.807, 2.05) is 24.3 Å². The largest absolute Gasteiger partial charge is 0.478 e. The predicted molar refractivity (Wildman–Crippen MR) is 161 cm³/mol. The van der Waals surface area contributed by atoms with Gasteiger partial charge in [-0.2, -0.15) is 0 Å². The third-order valence-electron chi connectivity index (χ3n) is 6.81. The van der Waals surface area contributed by atoms with E-state index < -0.39 is 11.9 Å². The highest BCUT2D eigenvalue weighted by Crippen LogP contribution is 2.35. The lowest BCUT2D eigenvalue weighted by Gasteiger charge is -2.18. The van der Waals surface area contributed by atoms with Gasteiger partial charge in [-0.3, -0.25) is 0 Å². The molecular formula is C32H40Cl2O4. The number of aryl methyl sites for hydroxylation is 2. The molecule has 4 nitrogen and oxygen atoms in total. The van der Waals surface area contributed by atoms with Crippen molar-refractivity contribution in [2.24, 2.45) is 0 Å². The van der Waals surface area contributed by atoms with E-state index in [1.165, 1.54) is 60.8 Å². The monoisotopic (exact) mass is 558 g/mol. The molecule has 0 fully saturated rings. The summed E-state index contributed by atoms with van der Waals surface area (Å²) in [5.41, 5.74) is 7.49. The molecule has 0 spiro atoms. The molecule has 6 heteroatoms. The number of halogens is 2. The molecule has 0 amide bonds. The van der Waals surface area contributed by atoms with Gasteiger partial charge in [0.2, 0.25) is 0 Å². The van der Waals surface area contributed by atoms with Crippen LogP contribution in [0.5, 0.6) is 0 Å². The Bertz CT molecular complexity index is 1060. The number of aromatic carboxylic acids is 2. The van der Waals surface area contributed by atoms with Crippen LogP contribution in [0.1, 0.15) is 97.1 Å². The van der Waals surface area contributed by atoms with Crippen LogP contribution in [0.2, 0.25) is 0 Å². The summed E-state index contributed by atoms with van der Waals surface area (Å²) in [5.74, 6) is -1.84. The van der Waals surface area contributed by atoms with Crippen molar-refractivity contribution in [1.82, 2.24) is 0 Å². The maximum atomic E-state index is 11.4. The number of carboxylic acids is 2. The van der Waals surface area contributed by atoms with Gasteiger partial charge < -0.3 is 10.2 Å². The van der Waals surface area contributed by atoms with E-state index in [0.29, 0.717) is 0 Å². The first-order valence-corrected chi connectivity index (χ1v) is 13.3. The third kappa shape index (κ3) is 9.18. The quantitative estimate of drug-likeness (QED) is 0.193. The number of unbranched alkanes of at least 4 members (excludes halogenated alkanes) is 6. The fourth-order valence-corrected chi connectivity index (χ4v) is 4.71. The van der Waals surface area contributed by atoms with E-state index >= 15 is 0 Å². The minimum atomic E-state index is -0.918. The van der Waals surface area contributed by atoms with Crippen LogP contribution in [0.3, 0.4) is 0 Å². The van der Waals surface area contributed by atoms with Gasteiger partial charge in [-0.25, -0.2) is 9.59 Å². The van der Waals surface area contributed by atoms with Crippen LogP contribution < -0.4 is 0 Å². The first kappa shape index (κ1) is 33.2. The standard InChI is InChI=1S/C32H38O4.2ClH/c1-3-5-7-9-11-27-21-30(24-15-19-26(20-16-24)32(35)36)28(12-10-8-6-4-2)22-29(27)23-13-17-25(18-14-23)31(33)34;;/h13-22H,3-12H2,1-2H3,(H,33,34)(H,35,36);2*1H. The smallest absolute Gasteiger partial charge is 0.335 e. The zero-order valence-corrected chi connectivity index (χ0v) is 24.0. The fraction of sp³-hybridized carbons (Fsp3) is 0.375. The predicted octanol–water partition coefficient (Wildman–Crippen LogP) is 9.51. The van der Waals surface area contributed by atoms with Gasteiger partial charge in [-0.1, -0.05) is 88.8 Å². The molecule has 0 aliphatic rings. The summed E-state index contributed by atoms with van der Waals surface area (Å²) in [5, 5.41) is 18.7. The maximum Gasteiger partial charge on any atom is 0.335 e. The molecule has 0 unspecified atom stereocenters. The van der Waals surface area contributed by atoms with Gasteiger partial charge in [0.15, 0.2) is 0 Å². The number of hydrogen-bond donors (Lipinski definition) is 2. The molecule has 0 bridgehead atoms. The number of carbonyl (C=O) groups is 2. The molecule has 0 saturated heterocycles. The second-order valence-corrected chi connectivity index (χ2v) is 9.55. The fourth-order valence-electron chi connectivity index (χ4n) is 4.71. The molecular weight excluding hydrogens is 519 g/mol. The Morgan fingerprint density at radius 2 is 0.895 bits per heavy atom. The van der Waals surface area contributed by atoms with Crippen molar-refractivity contribution in [2.45, 2.75) is 78.1 Å². The van der Waals surface area contributed by atoms with Crippen molar-refractivity contribution < 1.29 is 19.8 Å². The number of carboxylic acid groups (broad SMARTS) is 2. The normalized spacial score (nSPS) is 10.4. The van der Waals surface area contributed by atoms with E-state index in [0.717, 1.165) is 36.8 Å². The van der Waals surface area contributed by atoms with E-state index in [4.69, 9.17) is 0 Å².